The number of hydrogen-bond acceptors (Lipinski definition) is 4. The summed E-state index contributed by atoms with van der Waals surface area (Å²) in [6.07, 6.45) is 1.54. The Kier molecular flexibility index (Phi) is 7.10. The van der Waals surface area contributed by atoms with E-state index >= 15 is 0 Å². The average molecular weight is 409 g/mol. The molecule has 1 aromatic rings. The topological polar surface area (TPSA) is 75.7 Å². The SMILES string of the molecule is CCC(CC)NC(=O)c1cc(S(=O)(=O)N2CCOCC2)c(Cl)cc1Cl. The first-order valence-electron chi connectivity index (χ1n) is 8.19. The van der Waals surface area contributed by atoms with Gasteiger partial charge in [-0.1, -0.05) is 37.0 Å². The highest BCUT2D eigenvalue weighted by Gasteiger charge is 2.30. The first-order valence-corrected chi connectivity index (χ1v) is 10.4. The highest BCUT2D eigenvalue weighted by Crippen LogP contribution is 2.31. The molecule has 140 valence electrons. The van der Waals surface area contributed by atoms with Crippen LogP contribution in [0.1, 0.15) is 37.0 Å². The molecule has 0 unspecified atom stereocenters. The number of carbonyl (C=O) groups excluding carboxylic acids is 1. The van der Waals surface area contributed by atoms with Gasteiger partial charge in [0.2, 0.25) is 10.0 Å². The Morgan fingerprint density at radius 2 is 1.80 bits per heavy atom. The number of nitrogens with zero attached hydrogens (tertiary/aromatic N) is 1. The third kappa shape index (κ3) is 4.65. The average Bonchev–Trinajstić information content (AvgIpc) is 2.60. The molecule has 25 heavy (non-hydrogen) atoms. The van der Waals surface area contributed by atoms with Crippen LogP contribution < -0.4 is 5.32 Å². The number of benzene rings is 1. The maximum absolute atomic E-state index is 12.8. The van der Waals surface area contributed by atoms with Crippen molar-refractivity contribution in [2.24, 2.45) is 0 Å². The minimum Gasteiger partial charge on any atom is -0.379 e. The van der Waals surface area contributed by atoms with Crippen LogP contribution in [0.5, 0.6) is 0 Å². The first kappa shape index (κ1) is 20.5. The molecule has 0 radical (unpaired) electrons. The van der Waals surface area contributed by atoms with Crippen molar-refractivity contribution in [2.45, 2.75) is 37.6 Å². The summed E-state index contributed by atoms with van der Waals surface area (Å²) in [7, 11) is -3.82. The highest BCUT2D eigenvalue weighted by atomic mass is 35.5. The smallest absolute Gasteiger partial charge is 0.253 e. The summed E-state index contributed by atoms with van der Waals surface area (Å²) < 4.78 is 32.2. The van der Waals surface area contributed by atoms with Crippen molar-refractivity contribution in [1.29, 1.82) is 0 Å². The van der Waals surface area contributed by atoms with Gasteiger partial charge in [-0.05, 0) is 25.0 Å². The number of carbonyl (C=O) groups is 1. The Labute approximate surface area is 158 Å². The van der Waals surface area contributed by atoms with Crippen molar-refractivity contribution >= 4 is 39.1 Å². The Morgan fingerprint density at radius 3 is 2.36 bits per heavy atom. The van der Waals surface area contributed by atoms with E-state index in [9.17, 15) is 13.2 Å². The Morgan fingerprint density at radius 1 is 1.20 bits per heavy atom. The van der Waals surface area contributed by atoms with Crippen LogP contribution >= 0.6 is 23.2 Å². The van der Waals surface area contributed by atoms with Crippen LogP contribution in [-0.4, -0.2) is 51.0 Å². The molecular weight excluding hydrogens is 387 g/mol. The van der Waals surface area contributed by atoms with Gasteiger partial charge in [0, 0.05) is 19.1 Å². The third-order valence-corrected chi connectivity index (χ3v) is 6.85. The molecule has 2 rings (SSSR count). The second kappa shape index (κ2) is 8.68. The molecule has 0 atom stereocenters. The molecule has 1 aromatic carbocycles. The van der Waals surface area contributed by atoms with E-state index in [2.05, 4.69) is 5.32 Å². The molecule has 1 aliphatic heterocycles. The van der Waals surface area contributed by atoms with Gasteiger partial charge in [0.15, 0.2) is 0 Å². The second-order valence-corrected chi connectivity index (χ2v) is 8.49. The third-order valence-electron chi connectivity index (χ3n) is 4.17. The van der Waals surface area contributed by atoms with E-state index in [0.717, 1.165) is 12.8 Å². The zero-order chi connectivity index (χ0) is 18.6. The zero-order valence-corrected chi connectivity index (χ0v) is 16.5. The first-order chi connectivity index (χ1) is 11.8. The molecule has 0 aromatic heterocycles. The van der Waals surface area contributed by atoms with Gasteiger partial charge in [0.25, 0.3) is 5.91 Å². The van der Waals surface area contributed by atoms with Crippen molar-refractivity contribution in [3.8, 4) is 0 Å². The molecule has 0 spiro atoms. The van der Waals surface area contributed by atoms with Gasteiger partial charge in [-0.2, -0.15) is 4.31 Å². The van der Waals surface area contributed by atoms with Gasteiger partial charge in [-0.15, -0.1) is 0 Å². The van der Waals surface area contributed by atoms with Crippen LogP contribution in [0.25, 0.3) is 0 Å². The molecule has 0 aliphatic carbocycles. The van der Waals surface area contributed by atoms with E-state index in [1.807, 2.05) is 13.8 Å². The summed E-state index contributed by atoms with van der Waals surface area (Å²) >= 11 is 12.2. The lowest BCUT2D eigenvalue weighted by atomic mass is 10.1. The van der Waals surface area contributed by atoms with Gasteiger partial charge in [-0.3, -0.25) is 4.79 Å². The lowest BCUT2D eigenvalue weighted by molar-refractivity contribution is 0.0730. The standard InChI is InChI=1S/C16H22Cl2N2O4S/c1-3-11(4-2)19-16(21)12-9-15(14(18)10-13(12)17)25(22,23)20-5-7-24-8-6-20/h9-11H,3-8H2,1-2H3,(H,19,21). The number of ether oxygens (including phenoxy) is 1. The predicted molar refractivity (Wildman–Crippen MR) is 97.9 cm³/mol. The quantitative estimate of drug-likeness (QED) is 0.784. The summed E-state index contributed by atoms with van der Waals surface area (Å²) in [5.74, 6) is -0.409. The fourth-order valence-electron chi connectivity index (χ4n) is 2.58. The van der Waals surface area contributed by atoms with Crippen molar-refractivity contribution in [3.05, 3.63) is 27.7 Å². The summed E-state index contributed by atoms with van der Waals surface area (Å²) in [5.41, 5.74) is 0.102. The number of nitrogens with one attached hydrogen (secondary N) is 1. The predicted octanol–water partition coefficient (Wildman–Crippen LogP) is 2.93. The minimum absolute atomic E-state index is 0.00135. The summed E-state index contributed by atoms with van der Waals surface area (Å²) in [4.78, 5) is 12.4. The molecule has 1 N–H and O–H groups in total. The molecule has 1 fully saturated rings. The largest absolute Gasteiger partial charge is 0.379 e. The van der Waals surface area contributed by atoms with E-state index < -0.39 is 15.9 Å². The van der Waals surface area contributed by atoms with Crippen molar-refractivity contribution in [1.82, 2.24) is 9.62 Å². The molecule has 1 heterocycles. The lowest BCUT2D eigenvalue weighted by Crippen LogP contribution is -2.41. The number of rotatable bonds is 6. The van der Waals surface area contributed by atoms with E-state index in [1.54, 1.807) is 0 Å². The number of halogens is 2. The summed E-state index contributed by atoms with van der Waals surface area (Å²) in [6, 6.07) is 2.56. The number of amides is 1. The van der Waals surface area contributed by atoms with Crippen molar-refractivity contribution in [2.75, 3.05) is 26.3 Å². The number of sulfonamides is 1. The normalized spacial score (nSPS) is 16.2. The molecule has 1 amide bonds. The van der Waals surface area contributed by atoms with Crippen LogP contribution in [-0.2, 0) is 14.8 Å². The fourth-order valence-corrected chi connectivity index (χ4v) is 4.82. The molecule has 1 aliphatic rings. The Hall–Kier alpha value is -0.860. The summed E-state index contributed by atoms with van der Waals surface area (Å²) in [6.45, 7) is 5.07. The van der Waals surface area contributed by atoms with Crippen LogP contribution in [0.3, 0.4) is 0 Å². The van der Waals surface area contributed by atoms with Gasteiger partial charge in [0.1, 0.15) is 4.90 Å². The molecule has 9 heteroatoms. The van der Waals surface area contributed by atoms with Crippen LogP contribution in [0, 0.1) is 0 Å². The van der Waals surface area contributed by atoms with Gasteiger partial charge >= 0.3 is 0 Å². The molecular formula is C16H22Cl2N2O4S. The van der Waals surface area contributed by atoms with E-state index in [-0.39, 0.29) is 39.6 Å². The van der Waals surface area contributed by atoms with Crippen LogP contribution in [0.4, 0.5) is 0 Å². The monoisotopic (exact) mass is 408 g/mol. The van der Waals surface area contributed by atoms with Crippen molar-refractivity contribution in [3.63, 3.8) is 0 Å². The molecule has 6 nitrogen and oxygen atoms in total. The fraction of sp³-hybridized carbons (Fsp3) is 0.562. The zero-order valence-electron chi connectivity index (χ0n) is 14.2. The number of hydrogen-bond donors (Lipinski definition) is 1. The summed E-state index contributed by atoms with van der Waals surface area (Å²) in [5, 5.41) is 2.97. The van der Waals surface area contributed by atoms with Gasteiger partial charge in [0.05, 0.1) is 28.8 Å². The van der Waals surface area contributed by atoms with Crippen molar-refractivity contribution < 1.29 is 17.9 Å². The van der Waals surface area contributed by atoms with Gasteiger partial charge in [-0.25, -0.2) is 8.42 Å². The van der Waals surface area contributed by atoms with Crippen LogP contribution in [0.2, 0.25) is 10.0 Å². The highest BCUT2D eigenvalue weighted by molar-refractivity contribution is 7.89. The Balaban J connectivity index is 2.38. The van der Waals surface area contributed by atoms with Gasteiger partial charge < -0.3 is 10.1 Å². The molecule has 0 bridgehead atoms. The van der Waals surface area contributed by atoms with E-state index in [4.69, 9.17) is 27.9 Å². The Bertz CT molecular complexity index is 730. The second-order valence-electron chi connectivity index (χ2n) is 5.77. The molecule has 1 saturated heterocycles. The maximum Gasteiger partial charge on any atom is 0.253 e. The minimum atomic E-state index is -3.82. The number of morpholine rings is 1. The van der Waals surface area contributed by atoms with E-state index in [1.165, 1.54) is 16.4 Å². The lowest BCUT2D eigenvalue weighted by Gasteiger charge is -2.26. The van der Waals surface area contributed by atoms with Crippen LogP contribution in [0.15, 0.2) is 17.0 Å². The molecule has 0 saturated carbocycles. The van der Waals surface area contributed by atoms with E-state index in [0.29, 0.717) is 13.2 Å². The maximum atomic E-state index is 12.8.